The number of rotatable bonds is 5. The maximum absolute atomic E-state index is 11.8. The van der Waals surface area contributed by atoms with Gasteiger partial charge in [-0.3, -0.25) is 14.4 Å². The van der Waals surface area contributed by atoms with E-state index in [0.717, 1.165) is 0 Å². The van der Waals surface area contributed by atoms with Crippen molar-refractivity contribution in [3.63, 3.8) is 0 Å². The zero-order valence-electron chi connectivity index (χ0n) is 10.8. The van der Waals surface area contributed by atoms with Crippen LogP contribution < -0.4 is 20.7 Å². The molecule has 0 spiro atoms. The van der Waals surface area contributed by atoms with E-state index < -0.39 is 5.91 Å². The fourth-order valence-electron chi connectivity index (χ4n) is 1.89. The predicted molar refractivity (Wildman–Crippen MR) is 71.1 cm³/mol. The molecule has 0 unspecified atom stereocenters. The molecule has 0 saturated carbocycles. The number of para-hydroxylation sites is 2. The predicted octanol–water partition coefficient (Wildman–Crippen LogP) is -0.596. The van der Waals surface area contributed by atoms with Gasteiger partial charge in [0.1, 0.15) is 5.75 Å². The number of nitrogens with one attached hydrogen (secondary N) is 1. The Balaban J connectivity index is 1.97. The molecule has 7 nitrogen and oxygen atoms in total. The fourth-order valence-corrected chi connectivity index (χ4v) is 1.89. The van der Waals surface area contributed by atoms with Crippen molar-refractivity contribution in [3.8, 4) is 5.75 Å². The Morgan fingerprint density at radius 3 is 2.85 bits per heavy atom. The molecular formula is C13H15N3O4. The van der Waals surface area contributed by atoms with E-state index >= 15 is 0 Å². The maximum atomic E-state index is 11.8. The van der Waals surface area contributed by atoms with Crippen molar-refractivity contribution >= 4 is 23.4 Å². The van der Waals surface area contributed by atoms with Crippen molar-refractivity contribution in [1.82, 2.24) is 5.32 Å². The molecule has 1 aromatic carbocycles. The smallest absolute Gasteiger partial charge is 0.265 e. The molecule has 0 fully saturated rings. The van der Waals surface area contributed by atoms with Crippen LogP contribution in [0.25, 0.3) is 0 Å². The monoisotopic (exact) mass is 277 g/mol. The molecule has 0 radical (unpaired) electrons. The number of hydrogen-bond donors (Lipinski definition) is 2. The standard InChI is InChI=1S/C13H15N3O4/c14-11(17)7-15-12(18)5-6-16-9-3-1-2-4-10(9)20-8-13(16)19/h1-4H,5-8H2,(H2,14,17)(H,15,18). The van der Waals surface area contributed by atoms with E-state index in [2.05, 4.69) is 5.32 Å². The van der Waals surface area contributed by atoms with Gasteiger partial charge in [0, 0.05) is 13.0 Å². The summed E-state index contributed by atoms with van der Waals surface area (Å²) >= 11 is 0. The Hall–Kier alpha value is -2.57. The lowest BCUT2D eigenvalue weighted by Crippen LogP contribution is -2.41. The van der Waals surface area contributed by atoms with Gasteiger partial charge in [0.15, 0.2) is 6.61 Å². The summed E-state index contributed by atoms with van der Waals surface area (Å²) in [7, 11) is 0. The van der Waals surface area contributed by atoms with Crippen LogP contribution in [0.3, 0.4) is 0 Å². The van der Waals surface area contributed by atoms with Crippen LogP contribution in [0.5, 0.6) is 5.75 Å². The Morgan fingerprint density at radius 1 is 1.35 bits per heavy atom. The van der Waals surface area contributed by atoms with E-state index in [1.54, 1.807) is 18.2 Å². The molecule has 1 aliphatic heterocycles. The molecule has 2 rings (SSSR count). The first-order valence-electron chi connectivity index (χ1n) is 6.15. The van der Waals surface area contributed by atoms with Gasteiger partial charge in [-0.2, -0.15) is 0 Å². The lowest BCUT2D eigenvalue weighted by Gasteiger charge is -2.29. The van der Waals surface area contributed by atoms with E-state index in [1.165, 1.54) is 4.90 Å². The third kappa shape index (κ3) is 3.25. The number of carbonyl (C=O) groups excluding carboxylic acids is 3. The van der Waals surface area contributed by atoms with Crippen molar-refractivity contribution in [3.05, 3.63) is 24.3 Å². The maximum Gasteiger partial charge on any atom is 0.265 e. The third-order valence-corrected chi connectivity index (χ3v) is 2.83. The van der Waals surface area contributed by atoms with Gasteiger partial charge in [-0.15, -0.1) is 0 Å². The van der Waals surface area contributed by atoms with Crippen LogP contribution in [0.2, 0.25) is 0 Å². The summed E-state index contributed by atoms with van der Waals surface area (Å²) < 4.78 is 5.30. The lowest BCUT2D eigenvalue weighted by atomic mass is 10.2. The van der Waals surface area contributed by atoms with Gasteiger partial charge >= 0.3 is 0 Å². The van der Waals surface area contributed by atoms with E-state index in [9.17, 15) is 14.4 Å². The molecule has 7 heteroatoms. The second-order valence-electron chi connectivity index (χ2n) is 4.29. The van der Waals surface area contributed by atoms with Crippen LogP contribution in [0, 0.1) is 0 Å². The zero-order chi connectivity index (χ0) is 14.5. The van der Waals surface area contributed by atoms with Gasteiger partial charge in [0.05, 0.1) is 12.2 Å². The number of nitrogens with two attached hydrogens (primary N) is 1. The minimum atomic E-state index is -0.605. The molecule has 1 heterocycles. The number of carbonyl (C=O) groups is 3. The average molecular weight is 277 g/mol. The molecule has 106 valence electrons. The number of amides is 3. The Bertz CT molecular complexity index is 544. The van der Waals surface area contributed by atoms with Gasteiger partial charge in [-0.1, -0.05) is 12.1 Å². The average Bonchev–Trinajstić information content (AvgIpc) is 2.44. The van der Waals surface area contributed by atoms with Crippen molar-refractivity contribution < 1.29 is 19.1 Å². The second-order valence-corrected chi connectivity index (χ2v) is 4.29. The van der Waals surface area contributed by atoms with Gasteiger partial charge in [-0.25, -0.2) is 0 Å². The van der Waals surface area contributed by atoms with Gasteiger partial charge < -0.3 is 20.7 Å². The lowest BCUT2D eigenvalue weighted by molar-refractivity contribution is -0.125. The van der Waals surface area contributed by atoms with E-state index in [1.807, 2.05) is 6.07 Å². The fraction of sp³-hybridized carbons (Fsp3) is 0.308. The summed E-state index contributed by atoms with van der Waals surface area (Å²) in [6, 6.07) is 7.13. The van der Waals surface area contributed by atoms with Crippen molar-refractivity contribution in [2.75, 3.05) is 24.6 Å². The Morgan fingerprint density at radius 2 is 2.10 bits per heavy atom. The molecule has 3 amide bonds. The third-order valence-electron chi connectivity index (χ3n) is 2.83. The van der Waals surface area contributed by atoms with Crippen LogP contribution in [-0.4, -0.2) is 37.4 Å². The minimum Gasteiger partial charge on any atom is -0.482 e. The van der Waals surface area contributed by atoms with Crippen LogP contribution in [-0.2, 0) is 14.4 Å². The van der Waals surface area contributed by atoms with Gasteiger partial charge in [0.2, 0.25) is 11.8 Å². The second kappa shape index (κ2) is 6.05. The number of ether oxygens (including phenoxy) is 1. The first kappa shape index (κ1) is 13.9. The van der Waals surface area contributed by atoms with Crippen molar-refractivity contribution in [2.45, 2.75) is 6.42 Å². The highest BCUT2D eigenvalue weighted by Crippen LogP contribution is 2.31. The molecule has 3 N–H and O–H groups in total. The van der Waals surface area contributed by atoms with Gasteiger partial charge in [-0.05, 0) is 12.1 Å². The number of benzene rings is 1. The molecule has 0 aromatic heterocycles. The minimum absolute atomic E-state index is 0.0417. The first-order valence-corrected chi connectivity index (χ1v) is 6.15. The highest BCUT2D eigenvalue weighted by molar-refractivity contribution is 5.98. The number of hydrogen-bond acceptors (Lipinski definition) is 4. The quantitative estimate of drug-likeness (QED) is 0.750. The molecule has 0 bridgehead atoms. The van der Waals surface area contributed by atoms with Crippen molar-refractivity contribution in [2.24, 2.45) is 5.73 Å². The molecular weight excluding hydrogens is 262 g/mol. The normalized spacial score (nSPS) is 13.4. The SMILES string of the molecule is NC(=O)CNC(=O)CCN1C(=O)COc2ccccc21. The first-order chi connectivity index (χ1) is 9.58. The Labute approximate surface area is 115 Å². The summed E-state index contributed by atoms with van der Waals surface area (Å²) in [5, 5.41) is 2.38. The van der Waals surface area contributed by atoms with Crippen LogP contribution in [0.15, 0.2) is 24.3 Å². The summed E-state index contributed by atoms with van der Waals surface area (Å²) in [6.07, 6.45) is 0.0906. The molecule has 20 heavy (non-hydrogen) atoms. The van der Waals surface area contributed by atoms with Crippen LogP contribution >= 0.6 is 0 Å². The molecule has 0 saturated heterocycles. The molecule has 0 atom stereocenters. The van der Waals surface area contributed by atoms with Gasteiger partial charge in [0.25, 0.3) is 5.91 Å². The largest absolute Gasteiger partial charge is 0.482 e. The number of primary amides is 1. The highest BCUT2D eigenvalue weighted by atomic mass is 16.5. The summed E-state index contributed by atoms with van der Waals surface area (Å²) in [6.45, 7) is -0.0177. The zero-order valence-corrected chi connectivity index (χ0v) is 10.8. The van der Waals surface area contributed by atoms with E-state index in [4.69, 9.17) is 10.5 Å². The summed E-state index contributed by atoms with van der Waals surface area (Å²) in [4.78, 5) is 35.4. The summed E-state index contributed by atoms with van der Waals surface area (Å²) in [5.41, 5.74) is 5.58. The van der Waals surface area contributed by atoms with Crippen LogP contribution in [0.1, 0.15) is 6.42 Å². The molecule has 1 aromatic rings. The molecule has 0 aliphatic carbocycles. The topological polar surface area (TPSA) is 102 Å². The summed E-state index contributed by atoms with van der Waals surface area (Å²) in [5.74, 6) is -0.525. The highest BCUT2D eigenvalue weighted by Gasteiger charge is 2.25. The van der Waals surface area contributed by atoms with E-state index in [-0.39, 0.29) is 37.9 Å². The Kier molecular flexibility index (Phi) is 4.19. The van der Waals surface area contributed by atoms with E-state index in [0.29, 0.717) is 11.4 Å². The molecule has 1 aliphatic rings. The number of nitrogens with zero attached hydrogens (tertiary/aromatic N) is 1. The van der Waals surface area contributed by atoms with Crippen LogP contribution in [0.4, 0.5) is 5.69 Å². The number of fused-ring (bicyclic) bond motifs is 1. The van der Waals surface area contributed by atoms with Crippen molar-refractivity contribution in [1.29, 1.82) is 0 Å². The number of anilines is 1.